The number of hydrogen-bond acceptors (Lipinski definition) is 4. The van der Waals surface area contributed by atoms with Crippen molar-refractivity contribution in [3.8, 4) is 6.07 Å². The molecule has 0 amide bonds. The summed E-state index contributed by atoms with van der Waals surface area (Å²) in [7, 11) is 0. The molecule has 0 unspecified atom stereocenters. The van der Waals surface area contributed by atoms with Crippen LogP contribution in [0.25, 0.3) is 0 Å². The summed E-state index contributed by atoms with van der Waals surface area (Å²) in [5.41, 5.74) is -1.12. The first-order valence-corrected chi connectivity index (χ1v) is 5.08. The number of carboxylic acids is 1. The molecule has 0 aromatic carbocycles. The van der Waals surface area contributed by atoms with E-state index in [0.29, 0.717) is 6.42 Å². The molecule has 1 aromatic heterocycles. The molecule has 0 aliphatic rings. The molecule has 17 heavy (non-hydrogen) atoms. The van der Waals surface area contributed by atoms with Gasteiger partial charge in [-0.15, -0.1) is 0 Å². The van der Waals surface area contributed by atoms with E-state index in [0.717, 1.165) is 16.8 Å². The molecule has 1 N–H and O–H groups in total. The van der Waals surface area contributed by atoms with Gasteiger partial charge in [0.1, 0.15) is 0 Å². The zero-order valence-electron chi connectivity index (χ0n) is 9.67. The van der Waals surface area contributed by atoms with Crippen molar-refractivity contribution in [2.24, 2.45) is 5.41 Å². The largest absolute Gasteiger partial charge is 0.476 e. The maximum atomic E-state index is 11.4. The number of aromatic nitrogens is 2. The van der Waals surface area contributed by atoms with Crippen molar-refractivity contribution < 1.29 is 9.90 Å². The molecule has 0 aliphatic carbocycles. The first-order valence-electron chi connectivity index (χ1n) is 5.08. The molecule has 1 rings (SSSR count). The van der Waals surface area contributed by atoms with E-state index in [4.69, 9.17) is 10.4 Å². The quantitative estimate of drug-likeness (QED) is 0.835. The number of hydrogen-bond donors (Lipinski definition) is 1. The molecule has 1 aromatic rings. The van der Waals surface area contributed by atoms with Gasteiger partial charge < -0.3 is 5.11 Å². The molecular formula is C11H13N3O3. The standard InChI is InChI=1S/C11H13N3O3/c1-11(2,7-12)5-6-14-9(15)4-3-8(13-14)10(16)17/h3-4H,5-6H2,1-2H3,(H,16,17). The Labute approximate surface area is 98.1 Å². The second-order valence-corrected chi connectivity index (χ2v) is 4.33. The third kappa shape index (κ3) is 3.41. The van der Waals surface area contributed by atoms with E-state index in [1.807, 2.05) is 0 Å². The highest BCUT2D eigenvalue weighted by Crippen LogP contribution is 2.18. The number of aryl methyl sites for hydroxylation is 1. The highest BCUT2D eigenvalue weighted by atomic mass is 16.4. The molecule has 1 heterocycles. The van der Waals surface area contributed by atoms with E-state index >= 15 is 0 Å². The summed E-state index contributed by atoms with van der Waals surface area (Å²) in [6, 6.07) is 4.43. The third-order valence-corrected chi connectivity index (χ3v) is 2.34. The molecule has 0 saturated heterocycles. The van der Waals surface area contributed by atoms with Crippen LogP contribution in [0.1, 0.15) is 30.8 Å². The normalized spacial score (nSPS) is 10.9. The van der Waals surface area contributed by atoms with Crippen molar-refractivity contribution in [2.75, 3.05) is 0 Å². The molecule has 6 nitrogen and oxygen atoms in total. The van der Waals surface area contributed by atoms with Crippen LogP contribution in [0.4, 0.5) is 0 Å². The number of aromatic carboxylic acids is 1. The molecule has 0 fully saturated rings. The lowest BCUT2D eigenvalue weighted by atomic mass is 9.92. The SMILES string of the molecule is CC(C)(C#N)CCn1nc(C(=O)O)ccc1=O. The van der Waals surface area contributed by atoms with Gasteiger partial charge in [-0.2, -0.15) is 10.4 Å². The zero-order valence-corrected chi connectivity index (χ0v) is 9.67. The van der Waals surface area contributed by atoms with Gasteiger partial charge in [0, 0.05) is 12.6 Å². The Balaban J connectivity index is 2.92. The third-order valence-electron chi connectivity index (χ3n) is 2.34. The fourth-order valence-corrected chi connectivity index (χ4v) is 1.16. The minimum Gasteiger partial charge on any atom is -0.476 e. The highest BCUT2D eigenvalue weighted by molar-refractivity contribution is 5.84. The summed E-state index contributed by atoms with van der Waals surface area (Å²) >= 11 is 0. The Morgan fingerprint density at radius 3 is 2.76 bits per heavy atom. The molecule has 0 bridgehead atoms. The Morgan fingerprint density at radius 2 is 2.24 bits per heavy atom. The topological polar surface area (TPSA) is 96.0 Å². The van der Waals surface area contributed by atoms with Gasteiger partial charge >= 0.3 is 5.97 Å². The number of rotatable bonds is 4. The van der Waals surface area contributed by atoms with Crippen LogP contribution < -0.4 is 5.56 Å². The van der Waals surface area contributed by atoms with E-state index in [1.54, 1.807) is 13.8 Å². The second-order valence-electron chi connectivity index (χ2n) is 4.33. The average molecular weight is 235 g/mol. The van der Waals surface area contributed by atoms with Crippen LogP contribution in [0.5, 0.6) is 0 Å². The highest BCUT2D eigenvalue weighted by Gasteiger charge is 2.17. The van der Waals surface area contributed by atoms with Gasteiger partial charge in [-0.1, -0.05) is 0 Å². The van der Waals surface area contributed by atoms with Gasteiger partial charge in [0.05, 0.1) is 11.5 Å². The van der Waals surface area contributed by atoms with Crippen molar-refractivity contribution in [3.63, 3.8) is 0 Å². The monoisotopic (exact) mass is 235 g/mol. The fourth-order valence-electron chi connectivity index (χ4n) is 1.16. The van der Waals surface area contributed by atoms with Crippen molar-refractivity contribution in [1.82, 2.24) is 9.78 Å². The van der Waals surface area contributed by atoms with Crippen molar-refractivity contribution in [3.05, 3.63) is 28.2 Å². The molecule has 0 atom stereocenters. The van der Waals surface area contributed by atoms with Gasteiger partial charge in [0.25, 0.3) is 5.56 Å². The summed E-state index contributed by atoms with van der Waals surface area (Å²) in [5.74, 6) is -1.18. The van der Waals surface area contributed by atoms with Crippen LogP contribution in [0.2, 0.25) is 0 Å². The maximum Gasteiger partial charge on any atom is 0.356 e. The number of carbonyl (C=O) groups is 1. The lowest BCUT2D eigenvalue weighted by Gasteiger charge is -2.14. The van der Waals surface area contributed by atoms with Crippen LogP contribution in [0, 0.1) is 16.7 Å². The van der Waals surface area contributed by atoms with Crippen molar-refractivity contribution in [1.29, 1.82) is 5.26 Å². The average Bonchev–Trinajstić information content (AvgIpc) is 2.27. The molecule has 0 radical (unpaired) electrons. The van der Waals surface area contributed by atoms with Crippen molar-refractivity contribution >= 4 is 5.97 Å². The molecule has 0 saturated carbocycles. The molecule has 6 heteroatoms. The van der Waals surface area contributed by atoms with Crippen LogP contribution in [-0.4, -0.2) is 20.9 Å². The number of nitriles is 1. The number of carboxylic acid groups (broad SMARTS) is 1. The van der Waals surface area contributed by atoms with Crippen LogP contribution in [-0.2, 0) is 6.54 Å². The smallest absolute Gasteiger partial charge is 0.356 e. The fraction of sp³-hybridized carbons (Fsp3) is 0.455. The summed E-state index contributed by atoms with van der Waals surface area (Å²) in [5, 5.41) is 21.3. The van der Waals surface area contributed by atoms with Gasteiger partial charge in [0.2, 0.25) is 0 Å². The lowest BCUT2D eigenvalue weighted by Crippen LogP contribution is -2.26. The van der Waals surface area contributed by atoms with Gasteiger partial charge in [-0.05, 0) is 26.3 Å². The van der Waals surface area contributed by atoms with Crippen LogP contribution in [0.3, 0.4) is 0 Å². The Morgan fingerprint density at radius 1 is 1.59 bits per heavy atom. The number of nitrogens with zero attached hydrogens (tertiary/aromatic N) is 3. The summed E-state index contributed by atoms with van der Waals surface area (Å²) in [6.45, 7) is 3.72. The summed E-state index contributed by atoms with van der Waals surface area (Å²) < 4.78 is 1.07. The zero-order chi connectivity index (χ0) is 13.1. The van der Waals surface area contributed by atoms with Gasteiger partial charge in [-0.25, -0.2) is 9.48 Å². The maximum absolute atomic E-state index is 11.4. The summed E-state index contributed by atoms with van der Waals surface area (Å²) in [6.07, 6.45) is 0.430. The Kier molecular flexibility index (Phi) is 3.63. The summed E-state index contributed by atoms with van der Waals surface area (Å²) in [4.78, 5) is 22.1. The predicted octanol–water partition coefficient (Wildman–Crippen LogP) is 0.881. The van der Waals surface area contributed by atoms with E-state index in [9.17, 15) is 9.59 Å². The Bertz CT molecular complexity index is 525. The van der Waals surface area contributed by atoms with Gasteiger partial charge in [0.15, 0.2) is 5.69 Å². The van der Waals surface area contributed by atoms with Gasteiger partial charge in [-0.3, -0.25) is 4.79 Å². The Hall–Kier alpha value is -2.16. The molecular weight excluding hydrogens is 222 g/mol. The molecule has 90 valence electrons. The molecule has 0 spiro atoms. The lowest BCUT2D eigenvalue weighted by molar-refractivity contribution is 0.0687. The minimum absolute atomic E-state index is 0.181. The molecule has 0 aliphatic heterocycles. The van der Waals surface area contributed by atoms with Crippen molar-refractivity contribution in [2.45, 2.75) is 26.8 Å². The minimum atomic E-state index is -1.18. The first-order chi connectivity index (χ1) is 7.85. The van der Waals surface area contributed by atoms with E-state index in [1.165, 1.54) is 0 Å². The van der Waals surface area contributed by atoms with Crippen LogP contribution >= 0.6 is 0 Å². The first kappa shape index (κ1) is 12.9. The predicted molar refractivity (Wildman–Crippen MR) is 59.5 cm³/mol. The van der Waals surface area contributed by atoms with E-state index < -0.39 is 11.4 Å². The van der Waals surface area contributed by atoms with Crippen LogP contribution in [0.15, 0.2) is 16.9 Å². The van der Waals surface area contributed by atoms with E-state index in [-0.39, 0.29) is 17.8 Å². The second kappa shape index (κ2) is 4.78. The van der Waals surface area contributed by atoms with E-state index in [2.05, 4.69) is 11.2 Å².